The van der Waals surface area contributed by atoms with Crippen LogP contribution in [0.25, 0.3) is 10.2 Å². The molecule has 3 aromatic rings. The minimum Gasteiger partial charge on any atom is -0.293 e. The first kappa shape index (κ1) is 18.7. The zero-order valence-corrected chi connectivity index (χ0v) is 17.3. The van der Waals surface area contributed by atoms with Gasteiger partial charge in [0.2, 0.25) is 0 Å². The molecule has 2 heterocycles. The van der Waals surface area contributed by atoms with Crippen LogP contribution in [-0.2, 0) is 19.4 Å². The summed E-state index contributed by atoms with van der Waals surface area (Å²) in [5.74, 6) is 0.240. The van der Waals surface area contributed by atoms with Crippen LogP contribution in [0.1, 0.15) is 40.6 Å². The van der Waals surface area contributed by atoms with E-state index in [1.54, 1.807) is 40.2 Å². The largest absolute Gasteiger partial charge is 0.293 e. The topological polar surface area (TPSA) is 52.0 Å². The summed E-state index contributed by atoms with van der Waals surface area (Å²) in [5.41, 5.74) is 1.85. The lowest BCUT2D eigenvalue weighted by Crippen LogP contribution is -2.23. The van der Waals surface area contributed by atoms with Crippen molar-refractivity contribution in [3.8, 4) is 0 Å². The van der Waals surface area contributed by atoms with Crippen LogP contribution in [0.3, 0.4) is 0 Å². The Morgan fingerprint density at radius 3 is 2.74 bits per heavy atom. The molecule has 1 aliphatic carbocycles. The highest BCUT2D eigenvalue weighted by Crippen LogP contribution is 2.34. The van der Waals surface area contributed by atoms with Gasteiger partial charge < -0.3 is 0 Å². The third-order valence-electron chi connectivity index (χ3n) is 4.85. The molecule has 0 spiro atoms. The second-order valence-electron chi connectivity index (χ2n) is 6.55. The highest BCUT2D eigenvalue weighted by atomic mass is 35.5. The van der Waals surface area contributed by atoms with Gasteiger partial charge in [0.1, 0.15) is 4.83 Å². The Morgan fingerprint density at radius 2 is 2.00 bits per heavy atom. The molecule has 0 aliphatic heterocycles. The summed E-state index contributed by atoms with van der Waals surface area (Å²) in [4.78, 5) is 32.4. The zero-order chi connectivity index (χ0) is 19.0. The predicted molar refractivity (Wildman–Crippen MR) is 113 cm³/mol. The van der Waals surface area contributed by atoms with Gasteiger partial charge in [0.05, 0.1) is 11.1 Å². The first-order chi connectivity index (χ1) is 13.1. The molecule has 4 nitrogen and oxygen atoms in total. The van der Waals surface area contributed by atoms with E-state index in [-0.39, 0.29) is 17.1 Å². The molecule has 0 saturated carbocycles. The highest BCUT2D eigenvalue weighted by Gasteiger charge is 2.22. The summed E-state index contributed by atoms with van der Waals surface area (Å²) in [5, 5.41) is 2.02. The van der Waals surface area contributed by atoms with Crippen molar-refractivity contribution in [2.45, 2.75) is 44.3 Å². The number of rotatable bonds is 5. The van der Waals surface area contributed by atoms with Crippen molar-refractivity contribution in [3.05, 3.63) is 55.6 Å². The first-order valence-corrected chi connectivity index (χ1v) is 11.2. The number of thioether (sulfide) groups is 1. The lowest BCUT2D eigenvalue weighted by atomic mass is 9.97. The van der Waals surface area contributed by atoms with Gasteiger partial charge in [-0.3, -0.25) is 14.2 Å². The molecular weight excluding hydrogens is 400 g/mol. The number of carbonyl (C=O) groups excluding carboxylic acids is 1. The van der Waals surface area contributed by atoms with Gasteiger partial charge in [0, 0.05) is 22.0 Å². The standard InChI is InChI=1S/C20H19ClN2O2S2/c1-2-23-19(25)17-14-5-3-4-6-16(14)27-18(17)22-20(23)26-11-15(24)12-7-9-13(21)10-8-12/h7-10H,2-6,11H2,1H3. The van der Waals surface area contributed by atoms with E-state index in [1.165, 1.54) is 28.6 Å². The van der Waals surface area contributed by atoms with Crippen LogP contribution < -0.4 is 5.56 Å². The lowest BCUT2D eigenvalue weighted by Gasteiger charge is -2.12. The van der Waals surface area contributed by atoms with Crippen molar-refractivity contribution in [3.63, 3.8) is 0 Å². The summed E-state index contributed by atoms with van der Waals surface area (Å²) < 4.78 is 1.70. The average molecular weight is 419 g/mol. The van der Waals surface area contributed by atoms with Crippen LogP contribution >= 0.6 is 34.7 Å². The molecule has 0 unspecified atom stereocenters. The van der Waals surface area contributed by atoms with Gasteiger partial charge in [0.25, 0.3) is 5.56 Å². The highest BCUT2D eigenvalue weighted by molar-refractivity contribution is 7.99. The van der Waals surface area contributed by atoms with Gasteiger partial charge in [-0.2, -0.15) is 0 Å². The van der Waals surface area contributed by atoms with Crippen LogP contribution in [0.4, 0.5) is 0 Å². The smallest absolute Gasteiger partial charge is 0.263 e. The number of hydrogen-bond donors (Lipinski definition) is 0. The van der Waals surface area contributed by atoms with Gasteiger partial charge in [0.15, 0.2) is 10.9 Å². The molecule has 0 saturated heterocycles. The van der Waals surface area contributed by atoms with Crippen LogP contribution in [0, 0.1) is 0 Å². The third-order valence-corrected chi connectivity index (χ3v) is 7.27. The Hall–Kier alpha value is -1.63. The van der Waals surface area contributed by atoms with E-state index in [0.29, 0.717) is 22.3 Å². The number of aromatic nitrogens is 2. The molecule has 1 aromatic carbocycles. The number of hydrogen-bond acceptors (Lipinski definition) is 5. The molecule has 7 heteroatoms. The van der Waals surface area contributed by atoms with Crippen molar-refractivity contribution in [1.82, 2.24) is 9.55 Å². The number of benzene rings is 1. The van der Waals surface area contributed by atoms with Crippen LogP contribution in [0.5, 0.6) is 0 Å². The maximum absolute atomic E-state index is 13.1. The van der Waals surface area contributed by atoms with E-state index >= 15 is 0 Å². The molecule has 1 aliphatic rings. The number of Topliss-reactive ketones (excluding diaryl/α,β-unsaturated/α-hetero) is 1. The van der Waals surface area contributed by atoms with E-state index in [4.69, 9.17) is 16.6 Å². The minimum atomic E-state index is -0.000797. The zero-order valence-electron chi connectivity index (χ0n) is 15.0. The number of carbonyl (C=O) groups is 1. The Labute approximate surface area is 170 Å². The van der Waals surface area contributed by atoms with Crippen molar-refractivity contribution in [1.29, 1.82) is 0 Å². The van der Waals surface area contributed by atoms with Gasteiger partial charge in [-0.15, -0.1) is 11.3 Å². The number of ketones is 1. The van der Waals surface area contributed by atoms with E-state index in [2.05, 4.69) is 0 Å². The second kappa shape index (κ2) is 7.78. The van der Waals surface area contributed by atoms with E-state index in [9.17, 15) is 9.59 Å². The number of thiophene rings is 1. The van der Waals surface area contributed by atoms with Gasteiger partial charge in [-0.25, -0.2) is 4.98 Å². The monoisotopic (exact) mass is 418 g/mol. The van der Waals surface area contributed by atoms with Crippen LogP contribution in [-0.4, -0.2) is 21.1 Å². The van der Waals surface area contributed by atoms with Crippen LogP contribution in [0.2, 0.25) is 5.02 Å². The minimum absolute atomic E-state index is 0.000797. The van der Waals surface area contributed by atoms with E-state index < -0.39 is 0 Å². The molecule has 0 N–H and O–H groups in total. The number of nitrogens with zero attached hydrogens (tertiary/aromatic N) is 2. The summed E-state index contributed by atoms with van der Waals surface area (Å²) in [6.45, 7) is 2.49. The molecule has 0 bridgehead atoms. The third kappa shape index (κ3) is 3.58. The summed E-state index contributed by atoms with van der Waals surface area (Å²) in [6, 6.07) is 6.87. The SMILES string of the molecule is CCn1c(SCC(=O)c2ccc(Cl)cc2)nc2sc3c(c2c1=O)CCCC3. The normalized spacial score (nSPS) is 13.7. The molecule has 140 valence electrons. The number of aryl methyl sites for hydroxylation is 2. The molecule has 0 atom stereocenters. The van der Waals surface area contributed by atoms with Crippen LogP contribution in [0.15, 0.2) is 34.2 Å². The average Bonchev–Trinajstić information content (AvgIpc) is 3.05. The maximum atomic E-state index is 13.1. The van der Waals surface area contributed by atoms with E-state index in [0.717, 1.165) is 29.5 Å². The Kier molecular flexibility index (Phi) is 5.39. The fraction of sp³-hybridized carbons (Fsp3) is 0.350. The van der Waals surface area contributed by atoms with E-state index in [1.807, 2.05) is 6.92 Å². The Morgan fingerprint density at radius 1 is 1.26 bits per heavy atom. The van der Waals surface area contributed by atoms with Crippen molar-refractivity contribution in [2.24, 2.45) is 0 Å². The lowest BCUT2D eigenvalue weighted by molar-refractivity contribution is 0.102. The molecule has 0 amide bonds. The van der Waals surface area contributed by atoms with Gasteiger partial charge in [-0.1, -0.05) is 23.4 Å². The van der Waals surface area contributed by atoms with Crippen molar-refractivity contribution >= 4 is 50.7 Å². The summed E-state index contributed by atoms with van der Waals surface area (Å²) in [6.07, 6.45) is 4.33. The fourth-order valence-corrected chi connectivity index (χ4v) is 5.84. The molecule has 2 aromatic heterocycles. The quantitative estimate of drug-likeness (QED) is 0.333. The predicted octanol–water partition coefficient (Wildman–Crippen LogP) is 4.99. The summed E-state index contributed by atoms with van der Waals surface area (Å²) >= 11 is 8.85. The number of halogens is 1. The molecular formula is C20H19ClN2O2S2. The summed E-state index contributed by atoms with van der Waals surface area (Å²) in [7, 11) is 0. The van der Waals surface area contributed by atoms with Crippen molar-refractivity contribution in [2.75, 3.05) is 5.75 Å². The number of fused-ring (bicyclic) bond motifs is 3. The molecule has 0 fully saturated rings. The Balaban J connectivity index is 1.66. The second-order valence-corrected chi connectivity index (χ2v) is 9.02. The molecule has 4 rings (SSSR count). The van der Waals surface area contributed by atoms with Gasteiger partial charge >= 0.3 is 0 Å². The van der Waals surface area contributed by atoms with Gasteiger partial charge in [-0.05, 0) is 62.4 Å². The molecule has 0 radical (unpaired) electrons. The first-order valence-electron chi connectivity index (χ1n) is 9.05. The fourth-order valence-electron chi connectivity index (χ4n) is 3.46. The molecule has 27 heavy (non-hydrogen) atoms. The Bertz CT molecular complexity index is 1070. The maximum Gasteiger partial charge on any atom is 0.263 e. The van der Waals surface area contributed by atoms with Crippen molar-refractivity contribution < 1.29 is 4.79 Å².